The smallest absolute Gasteiger partial charge is 0.125 e. The zero-order chi connectivity index (χ0) is 12.6. The van der Waals surface area contributed by atoms with Gasteiger partial charge in [0.1, 0.15) is 10.6 Å². The van der Waals surface area contributed by atoms with Crippen molar-refractivity contribution in [2.45, 2.75) is 24.9 Å². The lowest BCUT2D eigenvalue weighted by molar-refractivity contribution is -0.0778. The van der Waals surface area contributed by atoms with E-state index in [1.807, 2.05) is 24.3 Å². The Morgan fingerprint density at radius 3 is 2.72 bits per heavy atom. The van der Waals surface area contributed by atoms with Crippen molar-refractivity contribution in [1.29, 1.82) is 0 Å². The summed E-state index contributed by atoms with van der Waals surface area (Å²) in [5.41, 5.74) is 8.58. The van der Waals surface area contributed by atoms with Gasteiger partial charge in [-0.05, 0) is 25.3 Å². The van der Waals surface area contributed by atoms with Gasteiger partial charge in [0.25, 0.3) is 0 Å². The third-order valence-electron chi connectivity index (χ3n) is 3.68. The predicted octanol–water partition coefficient (Wildman–Crippen LogP) is 3.42. The molecule has 3 nitrogen and oxygen atoms in total. The molecule has 1 aromatic heterocycles. The molecule has 1 aromatic carbocycles. The maximum absolute atomic E-state index is 5.98. The summed E-state index contributed by atoms with van der Waals surface area (Å²) in [6, 6.07) is 7.84. The number of nitrogen functional groups attached to an aromatic ring is 1. The molecule has 0 saturated heterocycles. The topological polar surface area (TPSA) is 48.1 Å². The zero-order valence-corrected chi connectivity index (χ0v) is 11.2. The molecule has 94 valence electrons. The van der Waals surface area contributed by atoms with Crippen LogP contribution in [0.2, 0.25) is 0 Å². The van der Waals surface area contributed by atoms with E-state index in [2.05, 4.69) is 5.38 Å². The minimum atomic E-state index is -0.132. The summed E-state index contributed by atoms with van der Waals surface area (Å²) in [4.78, 5) is 4.72. The van der Waals surface area contributed by atoms with Crippen molar-refractivity contribution in [2.75, 3.05) is 12.8 Å². The summed E-state index contributed by atoms with van der Waals surface area (Å²) >= 11 is 1.67. The number of thiazole rings is 1. The molecule has 1 aliphatic carbocycles. The van der Waals surface area contributed by atoms with E-state index in [1.54, 1.807) is 18.4 Å². The summed E-state index contributed by atoms with van der Waals surface area (Å²) in [6.07, 6.45) is 3.36. The molecule has 18 heavy (non-hydrogen) atoms. The lowest BCUT2D eigenvalue weighted by atomic mass is 9.80. The van der Waals surface area contributed by atoms with Gasteiger partial charge in [0.05, 0.1) is 5.69 Å². The number of hydrogen-bond donors (Lipinski definition) is 1. The fraction of sp³-hybridized carbons (Fsp3) is 0.357. The maximum atomic E-state index is 5.98. The first-order valence-corrected chi connectivity index (χ1v) is 6.99. The summed E-state index contributed by atoms with van der Waals surface area (Å²) < 4.78 is 5.66. The molecule has 0 unspecified atom stereocenters. The number of nitrogens with two attached hydrogens (primary N) is 1. The van der Waals surface area contributed by atoms with Crippen LogP contribution in [0.1, 0.15) is 24.3 Å². The van der Waals surface area contributed by atoms with E-state index in [9.17, 15) is 0 Å². The number of anilines is 1. The third-order valence-corrected chi connectivity index (χ3v) is 4.71. The van der Waals surface area contributed by atoms with Crippen LogP contribution in [0.4, 0.5) is 5.69 Å². The van der Waals surface area contributed by atoms with Crippen molar-refractivity contribution >= 4 is 17.0 Å². The van der Waals surface area contributed by atoms with Crippen molar-refractivity contribution in [3.8, 4) is 11.3 Å². The lowest BCUT2D eigenvalue weighted by Crippen LogP contribution is -2.35. The van der Waals surface area contributed by atoms with Crippen LogP contribution in [-0.2, 0) is 10.3 Å². The van der Waals surface area contributed by atoms with Crippen LogP contribution in [0.5, 0.6) is 0 Å². The van der Waals surface area contributed by atoms with Crippen LogP contribution in [0.3, 0.4) is 0 Å². The van der Waals surface area contributed by atoms with Gasteiger partial charge in [0, 0.05) is 23.7 Å². The molecule has 4 heteroatoms. The van der Waals surface area contributed by atoms with Crippen molar-refractivity contribution < 1.29 is 4.74 Å². The van der Waals surface area contributed by atoms with E-state index in [0.717, 1.165) is 34.8 Å². The van der Waals surface area contributed by atoms with Crippen molar-refractivity contribution in [1.82, 2.24) is 4.98 Å². The molecule has 1 fully saturated rings. The van der Waals surface area contributed by atoms with Crippen molar-refractivity contribution in [3.05, 3.63) is 34.7 Å². The molecule has 1 heterocycles. The molecular formula is C14H16N2OS. The zero-order valence-electron chi connectivity index (χ0n) is 10.3. The van der Waals surface area contributed by atoms with E-state index in [-0.39, 0.29) is 5.60 Å². The molecule has 2 aromatic rings. The largest absolute Gasteiger partial charge is 0.398 e. The Hall–Kier alpha value is -1.39. The molecule has 0 atom stereocenters. The van der Waals surface area contributed by atoms with Crippen molar-refractivity contribution in [2.24, 2.45) is 0 Å². The number of ether oxygens (including phenoxy) is 1. The molecular weight excluding hydrogens is 244 g/mol. The lowest BCUT2D eigenvalue weighted by Gasteiger charge is -2.38. The molecule has 0 bridgehead atoms. The normalized spacial score (nSPS) is 17.4. The summed E-state index contributed by atoms with van der Waals surface area (Å²) in [6.45, 7) is 0. The van der Waals surface area contributed by atoms with Crippen LogP contribution in [0.25, 0.3) is 11.3 Å². The molecule has 0 spiro atoms. The Labute approximate surface area is 111 Å². The Morgan fingerprint density at radius 1 is 1.33 bits per heavy atom. The standard InChI is InChI=1S/C14H16N2OS/c1-17-14(7-4-8-14)13-16-12(9-18-13)10-5-2-3-6-11(10)15/h2-3,5-6,9H,4,7-8,15H2,1H3. The van der Waals surface area contributed by atoms with E-state index < -0.39 is 0 Å². The summed E-state index contributed by atoms with van der Waals surface area (Å²) in [7, 11) is 1.77. The summed E-state index contributed by atoms with van der Waals surface area (Å²) in [5, 5.41) is 3.15. The Bertz CT molecular complexity index is 555. The summed E-state index contributed by atoms with van der Waals surface area (Å²) in [5.74, 6) is 0. The highest BCUT2D eigenvalue weighted by molar-refractivity contribution is 7.10. The molecule has 0 radical (unpaired) electrons. The second-order valence-corrected chi connectivity index (χ2v) is 5.54. The first-order chi connectivity index (χ1) is 8.75. The van der Waals surface area contributed by atoms with Gasteiger partial charge in [-0.2, -0.15) is 0 Å². The highest BCUT2D eigenvalue weighted by Crippen LogP contribution is 2.46. The van der Waals surface area contributed by atoms with Gasteiger partial charge >= 0.3 is 0 Å². The number of benzene rings is 1. The van der Waals surface area contributed by atoms with Crippen LogP contribution < -0.4 is 5.73 Å². The van der Waals surface area contributed by atoms with Gasteiger partial charge in [0.15, 0.2) is 0 Å². The van der Waals surface area contributed by atoms with Gasteiger partial charge in [-0.1, -0.05) is 18.2 Å². The maximum Gasteiger partial charge on any atom is 0.125 e. The van der Waals surface area contributed by atoms with Crippen LogP contribution in [0, 0.1) is 0 Å². The van der Waals surface area contributed by atoms with E-state index in [0.29, 0.717) is 0 Å². The molecule has 1 saturated carbocycles. The number of nitrogens with zero attached hydrogens (tertiary/aromatic N) is 1. The van der Waals surface area contributed by atoms with Crippen LogP contribution >= 0.6 is 11.3 Å². The Kier molecular flexibility index (Phi) is 2.84. The van der Waals surface area contributed by atoms with Gasteiger partial charge in [0.2, 0.25) is 0 Å². The van der Waals surface area contributed by atoms with Gasteiger partial charge in [-0.25, -0.2) is 4.98 Å². The predicted molar refractivity (Wildman–Crippen MR) is 74.5 cm³/mol. The molecule has 0 amide bonds. The van der Waals surface area contributed by atoms with Gasteiger partial charge in [-0.3, -0.25) is 0 Å². The third kappa shape index (κ3) is 1.72. The highest BCUT2D eigenvalue weighted by atomic mass is 32.1. The van der Waals surface area contributed by atoms with E-state index in [1.165, 1.54) is 6.42 Å². The van der Waals surface area contributed by atoms with Gasteiger partial charge in [-0.15, -0.1) is 11.3 Å². The number of hydrogen-bond acceptors (Lipinski definition) is 4. The minimum Gasteiger partial charge on any atom is -0.398 e. The Morgan fingerprint density at radius 2 is 2.11 bits per heavy atom. The second kappa shape index (κ2) is 4.37. The first-order valence-electron chi connectivity index (χ1n) is 6.11. The number of aromatic nitrogens is 1. The average Bonchev–Trinajstić information content (AvgIpc) is 2.79. The minimum absolute atomic E-state index is 0.132. The fourth-order valence-electron chi connectivity index (χ4n) is 2.34. The quantitative estimate of drug-likeness (QED) is 0.860. The van der Waals surface area contributed by atoms with E-state index in [4.69, 9.17) is 15.5 Å². The molecule has 0 aliphatic heterocycles. The van der Waals surface area contributed by atoms with Gasteiger partial charge < -0.3 is 10.5 Å². The molecule has 1 aliphatic rings. The molecule has 3 rings (SSSR count). The van der Waals surface area contributed by atoms with Crippen LogP contribution in [-0.4, -0.2) is 12.1 Å². The average molecular weight is 260 g/mol. The highest BCUT2D eigenvalue weighted by Gasteiger charge is 2.41. The van der Waals surface area contributed by atoms with Crippen LogP contribution in [0.15, 0.2) is 29.6 Å². The number of para-hydroxylation sites is 1. The first kappa shape index (κ1) is 11.7. The second-order valence-electron chi connectivity index (χ2n) is 4.68. The number of rotatable bonds is 3. The SMILES string of the molecule is COC1(c2nc(-c3ccccc3N)cs2)CCC1. The molecule has 2 N–H and O–H groups in total. The fourth-order valence-corrected chi connectivity index (χ4v) is 3.40. The van der Waals surface area contributed by atoms with E-state index >= 15 is 0 Å². The van der Waals surface area contributed by atoms with Crippen molar-refractivity contribution in [3.63, 3.8) is 0 Å². The number of methoxy groups -OCH3 is 1. The monoisotopic (exact) mass is 260 g/mol. The Balaban J connectivity index is 1.97.